The molecule has 0 amide bonds. The number of furan rings is 1. The molecular formula is C12H8O4S2. The Hall–Kier alpha value is -1.63. The van der Waals surface area contributed by atoms with Crippen molar-refractivity contribution in [3.8, 4) is 0 Å². The summed E-state index contributed by atoms with van der Waals surface area (Å²) in [4.78, 5) is 11.5. The monoisotopic (exact) mass is 280 g/mol. The van der Waals surface area contributed by atoms with E-state index in [2.05, 4.69) is 0 Å². The van der Waals surface area contributed by atoms with Gasteiger partial charge in [0.25, 0.3) is 0 Å². The molecule has 92 valence electrons. The van der Waals surface area contributed by atoms with E-state index in [1.807, 2.05) is 17.5 Å². The lowest BCUT2D eigenvalue weighted by atomic mass is 10.2. The zero-order valence-corrected chi connectivity index (χ0v) is 10.6. The Balaban J connectivity index is 1.95. The molecule has 0 aliphatic heterocycles. The van der Waals surface area contributed by atoms with Crippen molar-refractivity contribution in [2.45, 2.75) is 6.10 Å². The van der Waals surface area contributed by atoms with Crippen LogP contribution in [0.25, 0.3) is 9.40 Å². The van der Waals surface area contributed by atoms with Crippen LogP contribution in [0.3, 0.4) is 0 Å². The molecule has 18 heavy (non-hydrogen) atoms. The van der Waals surface area contributed by atoms with Crippen molar-refractivity contribution >= 4 is 38.0 Å². The van der Waals surface area contributed by atoms with Crippen LogP contribution < -0.4 is 0 Å². The molecule has 0 aliphatic carbocycles. The Morgan fingerprint density at radius 3 is 2.78 bits per heavy atom. The van der Waals surface area contributed by atoms with Crippen molar-refractivity contribution in [1.82, 2.24) is 0 Å². The number of carboxylic acid groups (broad SMARTS) is 1. The standard InChI is InChI=1S/C12H8O4S2/c13-11(6-1-2-7(16-6)12(14)15)10-5-9-8(18-10)3-4-17-9/h1-5,11,13H,(H,14,15). The third kappa shape index (κ3) is 1.84. The Morgan fingerprint density at radius 1 is 1.28 bits per heavy atom. The quantitative estimate of drug-likeness (QED) is 0.772. The highest BCUT2D eigenvalue weighted by Crippen LogP contribution is 2.36. The Labute approximate surface area is 110 Å². The lowest BCUT2D eigenvalue weighted by molar-refractivity contribution is 0.0655. The highest BCUT2D eigenvalue weighted by atomic mass is 32.1. The van der Waals surface area contributed by atoms with Crippen molar-refractivity contribution in [2.24, 2.45) is 0 Å². The van der Waals surface area contributed by atoms with Crippen LogP contribution in [0.2, 0.25) is 0 Å². The minimum Gasteiger partial charge on any atom is -0.475 e. The first kappa shape index (κ1) is 11.5. The second-order valence-electron chi connectivity index (χ2n) is 3.71. The van der Waals surface area contributed by atoms with Crippen molar-refractivity contribution in [3.05, 3.63) is 46.0 Å². The van der Waals surface area contributed by atoms with Gasteiger partial charge in [-0.2, -0.15) is 0 Å². The molecule has 3 aromatic heterocycles. The van der Waals surface area contributed by atoms with Gasteiger partial charge in [-0.05, 0) is 29.6 Å². The fourth-order valence-corrected chi connectivity index (χ4v) is 3.79. The molecule has 0 bridgehead atoms. The van der Waals surface area contributed by atoms with Crippen molar-refractivity contribution in [3.63, 3.8) is 0 Å². The van der Waals surface area contributed by atoms with Gasteiger partial charge < -0.3 is 14.6 Å². The topological polar surface area (TPSA) is 70.7 Å². The van der Waals surface area contributed by atoms with Crippen molar-refractivity contribution < 1.29 is 19.4 Å². The fourth-order valence-electron chi connectivity index (χ4n) is 1.67. The second-order valence-corrected chi connectivity index (χ2v) is 5.77. The van der Waals surface area contributed by atoms with E-state index in [0.29, 0.717) is 0 Å². The first-order valence-corrected chi connectivity index (χ1v) is 6.83. The lowest BCUT2D eigenvalue weighted by Gasteiger charge is -2.03. The maximum atomic E-state index is 10.7. The number of rotatable bonds is 3. The fraction of sp³-hybridized carbons (Fsp3) is 0.0833. The minimum absolute atomic E-state index is 0.164. The first-order valence-electron chi connectivity index (χ1n) is 5.13. The number of hydrogen-bond donors (Lipinski definition) is 2. The highest BCUT2D eigenvalue weighted by molar-refractivity contribution is 7.26. The molecule has 0 fully saturated rings. The number of hydrogen-bond acceptors (Lipinski definition) is 5. The molecular weight excluding hydrogens is 272 g/mol. The number of fused-ring (bicyclic) bond motifs is 1. The van der Waals surface area contributed by atoms with E-state index in [1.165, 1.54) is 23.5 Å². The zero-order valence-electron chi connectivity index (χ0n) is 8.99. The van der Waals surface area contributed by atoms with Crippen LogP contribution in [-0.4, -0.2) is 16.2 Å². The number of aliphatic hydroxyl groups excluding tert-OH is 1. The van der Waals surface area contributed by atoms with Gasteiger partial charge in [-0.3, -0.25) is 0 Å². The highest BCUT2D eigenvalue weighted by Gasteiger charge is 2.19. The first-order chi connectivity index (χ1) is 8.65. The number of aliphatic hydroxyl groups is 1. The van der Waals surface area contributed by atoms with E-state index in [9.17, 15) is 9.90 Å². The second kappa shape index (κ2) is 4.24. The van der Waals surface area contributed by atoms with E-state index in [-0.39, 0.29) is 11.5 Å². The summed E-state index contributed by atoms with van der Waals surface area (Å²) in [5.74, 6) is -1.05. The molecule has 3 aromatic rings. The number of aromatic carboxylic acids is 1. The summed E-state index contributed by atoms with van der Waals surface area (Å²) in [5.41, 5.74) is 0. The third-order valence-corrected chi connectivity index (χ3v) is 4.68. The van der Waals surface area contributed by atoms with Crippen molar-refractivity contribution in [1.29, 1.82) is 0 Å². The van der Waals surface area contributed by atoms with Crippen LogP contribution in [0.5, 0.6) is 0 Å². The zero-order chi connectivity index (χ0) is 12.7. The van der Waals surface area contributed by atoms with Gasteiger partial charge in [0, 0.05) is 14.3 Å². The molecule has 3 rings (SSSR count). The molecule has 1 unspecified atom stereocenters. The summed E-state index contributed by atoms with van der Waals surface area (Å²) >= 11 is 3.08. The normalized spacial score (nSPS) is 12.9. The van der Waals surface area contributed by atoms with Crippen LogP contribution in [0, 0.1) is 0 Å². The van der Waals surface area contributed by atoms with Crippen LogP contribution in [0.15, 0.2) is 34.1 Å². The van der Waals surface area contributed by atoms with Gasteiger partial charge in [-0.25, -0.2) is 4.79 Å². The van der Waals surface area contributed by atoms with Gasteiger partial charge >= 0.3 is 5.97 Å². The molecule has 3 heterocycles. The molecule has 0 saturated heterocycles. The van der Waals surface area contributed by atoms with Crippen LogP contribution >= 0.6 is 22.7 Å². The summed E-state index contributed by atoms with van der Waals surface area (Å²) in [7, 11) is 0. The van der Waals surface area contributed by atoms with E-state index >= 15 is 0 Å². The maximum Gasteiger partial charge on any atom is 0.371 e. The lowest BCUT2D eigenvalue weighted by Crippen LogP contribution is -1.96. The molecule has 0 aliphatic rings. The average Bonchev–Trinajstić information content (AvgIpc) is 3.02. The van der Waals surface area contributed by atoms with E-state index in [0.717, 1.165) is 14.3 Å². The van der Waals surface area contributed by atoms with E-state index < -0.39 is 12.1 Å². The molecule has 6 heteroatoms. The summed E-state index contributed by atoms with van der Waals surface area (Å²) < 4.78 is 7.31. The molecule has 0 aromatic carbocycles. The van der Waals surface area contributed by atoms with Crippen molar-refractivity contribution in [2.75, 3.05) is 0 Å². The largest absolute Gasteiger partial charge is 0.475 e. The summed E-state index contributed by atoms with van der Waals surface area (Å²) in [6, 6.07) is 6.72. The molecule has 0 radical (unpaired) electrons. The molecule has 0 spiro atoms. The summed E-state index contributed by atoms with van der Waals surface area (Å²) in [5, 5.41) is 20.9. The Morgan fingerprint density at radius 2 is 2.11 bits per heavy atom. The predicted molar refractivity (Wildman–Crippen MR) is 69.4 cm³/mol. The number of carbonyl (C=O) groups is 1. The van der Waals surface area contributed by atoms with Crippen LogP contribution in [-0.2, 0) is 0 Å². The van der Waals surface area contributed by atoms with Gasteiger partial charge in [-0.1, -0.05) is 0 Å². The molecule has 2 N–H and O–H groups in total. The van der Waals surface area contributed by atoms with Gasteiger partial charge in [0.2, 0.25) is 5.76 Å². The van der Waals surface area contributed by atoms with E-state index in [1.54, 1.807) is 11.3 Å². The predicted octanol–water partition coefficient (Wildman–Crippen LogP) is 3.34. The van der Waals surface area contributed by atoms with Crippen LogP contribution in [0.1, 0.15) is 27.3 Å². The van der Waals surface area contributed by atoms with E-state index in [4.69, 9.17) is 9.52 Å². The van der Waals surface area contributed by atoms with Gasteiger partial charge in [-0.15, -0.1) is 22.7 Å². The van der Waals surface area contributed by atoms with Gasteiger partial charge in [0.05, 0.1) is 0 Å². The number of carboxylic acids is 1. The third-order valence-electron chi connectivity index (χ3n) is 2.54. The molecule has 1 atom stereocenters. The summed E-state index contributed by atoms with van der Waals surface area (Å²) in [6.07, 6.45) is -0.914. The Bertz CT molecular complexity index is 678. The van der Waals surface area contributed by atoms with Gasteiger partial charge in [0.1, 0.15) is 11.9 Å². The summed E-state index contributed by atoms with van der Waals surface area (Å²) in [6.45, 7) is 0. The van der Waals surface area contributed by atoms with Gasteiger partial charge in [0.15, 0.2) is 0 Å². The SMILES string of the molecule is O=C(O)c1ccc(C(O)c2cc3sccc3s2)o1. The number of thiophene rings is 2. The molecule has 0 saturated carbocycles. The minimum atomic E-state index is -1.14. The molecule has 4 nitrogen and oxygen atoms in total. The average molecular weight is 280 g/mol. The maximum absolute atomic E-state index is 10.7. The Kier molecular flexibility index (Phi) is 2.70. The van der Waals surface area contributed by atoms with Crippen LogP contribution in [0.4, 0.5) is 0 Å². The smallest absolute Gasteiger partial charge is 0.371 e.